The number of carbonyl (C=O) groups is 1. The average Bonchev–Trinajstić information content (AvgIpc) is 2.92. The number of carbonyl (C=O) groups excluding carboxylic acids is 1. The van der Waals surface area contributed by atoms with Crippen LogP contribution in [0, 0.1) is 6.92 Å². The van der Waals surface area contributed by atoms with Crippen molar-refractivity contribution in [1.82, 2.24) is 10.2 Å². The molecular weight excluding hydrogens is 292 g/mol. The zero-order valence-electron chi connectivity index (χ0n) is 13.7. The normalized spacial score (nSPS) is 13.9. The van der Waals surface area contributed by atoms with E-state index < -0.39 is 0 Å². The lowest BCUT2D eigenvalue weighted by Gasteiger charge is -2.25. The minimum Gasteiger partial charge on any atom is -0.348 e. The van der Waals surface area contributed by atoms with E-state index in [1.54, 1.807) is 11.3 Å². The number of likely N-dealkylation sites (N-methyl/N-ethyl adjacent to an activating group) is 1. The second-order valence-corrected chi connectivity index (χ2v) is 6.76. The Hall–Kier alpha value is -1.65. The molecular formula is C18H24N2OS. The van der Waals surface area contributed by atoms with E-state index in [9.17, 15) is 4.79 Å². The van der Waals surface area contributed by atoms with E-state index in [1.165, 1.54) is 10.4 Å². The maximum absolute atomic E-state index is 12.4. The molecule has 0 aliphatic rings. The van der Waals surface area contributed by atoms with Crippen molar-refractivity contribution < 1.29 is 4.79 Å². The minimum atomic E-state index is -0.160. The van der Waals surface area contributed by atoms with E-state index in [-0.39, 0.29) is 18.0 Å². The highest BCUT2D eigenvalue weighted by atomic mass is 32.1. The number of hydrogen-bond donors (Lipinski definition) is 1. The molecule has 0 aliphatic carbocycles. The number of hydrogen-bond acceptors (Lipinski definition) is 3. The molecule has 1 aromatic heterocycles. The molecule has 0 fully saturated rings. The predicted octanol–water partition coefficient (Wildman–Crippen LogP) is 3.75. The van der Waals surface area contributed by atoms with Crippen LogP contribution in [-0.2, 0) is 11.3 Å². The molecule has 0 unspecified atom stereocenters. The third-order valence-corrected chi connectivity index (χ3v) is 5.07. The summed E-state index contributed by atoms with van der Waals surface area (Å²) in [5.41, 5.74) is 2.42. The summed E-state index contributed by atoms with van der Waals surface area (Å²) < 4.78 is 0. The molecule has 1 amide bonds. The summed E-state index contributed by atoms with van der Waals surface area (Å²) >= 11 is 1.74. The summed E-state index contributed by atoms with van der Waals surface area (Å²) in [7, 11) is 2.00. The van der Waals surface area contributed by atoms with E-state index >= 15 is 0 Å². The Morgan fingerprint density at radius 2 is 1.91 bits per heavy atom. The zero-order valence-corrected chi connectivity index (χ0v) is 14.5. The van der Waals surface area contributed by atoms with Crippen LogP contribution < -0.4 is 5.32 Å². The second-order valence-electron chi connectivity index (χ2n) is 5.76. The molecule has 3 nitrogen and oxygen atoms in total. The maximum atomic E-state index is 12.4. The molecule has 1 aromatic carbocycles. The molecule has 0 radical (unpaired) electrons. The largest absolute Gasteiger partial charge is 0.348 e. The van der Waals surface area contributed by atoms with Crippen molar-refractivity contribution in [2.45, 2.75) is 39.4 Å². The average molecular weight is 316 g/mol. The highest BCUT2D eigenvalue weighted by Crippen LogP contribution is 2.18. The summed E-state index contributed by atoms with van der Waals surface area (Å²) in [5, 5.41) is 5.19. The SMILES string of the molecule is Cc1ccsc1CN(C)[C@H](C)C(=O)N[C@@H](C)c1ccccc1. The summed E-state index contributed by atoms with van der Waals surface area (Å²) in [6, 6.07) is 12.0. The van der Waals surface area contributed by atoms with Crippen LogP contribution >= 0.6 is 11.3 Å². The first-order valence-electron chi connectivity index (χ1n) is 7.57. The van der Waals surface area contributed by atoms with E-state index in [0.717, 1.165) is 12.1 Å². The summed E-state index contributed by atoms with van der Waals surface area (Å²) in [4.78, 5) is 15.8. The van der Waals surface area contributed by atoms with E-state index in [0.29, 0.717) is 0 Å². The number of aryl methyl sites for hydroxylation is 1. The van der Waals surface area contributed by atoms with Gasteiger partial charge in [0.25, 0.3) is 0 Å². The van der Waals surface area contributed by atoms with Gasteiger partial charge in [0.15, 0.2) is 0 Å². The van der Waals surface area contributed by atoms with Gasteiger partial charge in [-0.1, -0.05) is 30.3 Å². The minimum absolute atomic E-state index is 0.0213. The highest BCUT2D eigenvalue weighted by Gasteiger charge is 2.20. The molecule has 0 saturated carbocycles. The fourth-order valence-corrected chi connectivity index (χ4v) is 3.26. The molecule has 1 heterocycles. The van der Waals surface area contributed by atoms with Crippen molar-refractivity contribution in [2.24, 2.45) is 0 Å². The Kier molecular flexibility index (Phi) is 5.75. The van der Waals surface area contributed by atoms with Crippen molar-refractivity contribution in [3.05, 3.63) is 57.8 Å². The van der Waals surface area contributed by atoms with Crippen LogP contribution in [0.4, 0.5) is 0 Å². The summed E-state index contributed by atoms with van der Waals surface area (Å²) in [6.07, 6.45) is 0. The predicted molar refractivity (Wildman–Crippen MR) is 93.0 cm³/mol. The van der Waals surface area contributed by atoms with Gasteiger partial charge in [-0.25, -0.2) is 0 Å². The van der Waals surface area contributed by atoms with Crippen molar-refractivity contribution in [3.8, 4) is 0 Å². The van der Waals surface area contributed by atoms with E-state index in [4.69, 9.17) is 0 Å². The van der Waals surface area contributed by atoms with Crippen molar-refractivity contribution in [3.63, 3.8) is 0 Å². The lowest BCUT2D eigenvalue weighted by Crippen LogP contribution is -2.43. The van der Waals surface area contributed by atoms with Crippen LogP contribution in [0.3, 0.4) is 0 Å². The molecule has 22 heavy (non-hydrogen) atoms. The Morgan fingerprint density at radius 3 is 2.50 bits per heavy atom. The summed E-state index contributed by atoms with van der Waals surface area (Å²) in [5.74, 6) is 0.0630. The first-order valence-corrected chi connectivity index (χ1v) is 8.45. The quantitative estimate of drug-likeness (QED) is 0.880. The van der Waals surface area contributed by atoms with Crippen molar-refractivity contribution in [1.29, 1.82) is 0 Å². The van der Waals surface area contributed by atoms with Crippen LogP contribution in [0.5, 0.6) is 0 Å². The van der Waals surface area contributed by atoms with Gasteiger partial charge < -0.3 is 5.32 Å². The zero-order chi connectivity index (χ0) is 16.1. The number of amides is 1. The molecule has 118 valence electrons. The first-order chi connectivity index (χ1) is 10.5. The molecule has 2 aromatic rings. The molecule has 4 heteroatoms. The lowest BCUT2D eigenvalue weighted by atomic mass is 10.1. The van der Waals surface area contributed by atoms with Gasteiger partial charge >= 0.3 is 0 Å². The Balaban J connectivity index is 1.92. The van der Waals surface area contributed by atoms with Gasteiger partial charge in [0.2, 0.25) is 5.91 Å². The first kappa shape index (κ1) is 16.7. The molecule has 0 bridgehead atoms. The fourth-order valence-electron chi connectivity index (χ4n) is 2.29. The Morgan fingerprint density at radius 1 is 1.23 bits per heavy atom. The van der Waals surface area contributed by atoms with Gasteiger partial charge in [0.1, 0.15) is 0 Å². The Bertz CT molecular complexity index is 609. The molecule has 0 aliphatic heterocycles. The van der Waals surface area contributed by atoms with Crippen LogP contribution in [0.15, 0.2) is 41.8 Å². The van der Waals surface area contributed by atoms with Crippen LogP contribution in [0.2, 0.25) is 0 Å². The molecule has 0 saturated heterocycles. The summed E-state index contributed by atoms with van der Waals surface area (Å²) in [6.45, 7) is 6.89. The number of thiophene rings is 1. The third-order valence-electron chi connectivity index (χ3n) is 4.06. The third kappa shape index (κ3) is 4.18. The van der Waals surface area contributed by atoms with Gasteiger partial charge in [0.05, 0.1) is 12.1 Å². The van der Waals surface area contributed by atoms with Gasteiger partial charge in [-0.05, 0) is 50.4 Å². The van der Waals surface area contributed by atoms with E-state index in [1.807, 2.05) is 51.2 Å². The van der Waals surface area contributed by atoms with Crippen molar-refractivity contribution >= 4 is 17.2 Å². The van der Waals surface area contributed by atoms with Gasteiger partial charge in [-0.15, -0.1) is 11.3 Å². The second kappa shape index (κ2) is 7.56. The fraction of sp³-hybridized carbons (Fsp3) is 0.389. The highest BCUT2D eigenvalue weighted by molar-refractivity contribution is 7.10. The number of nitrogens with one attached hydrogen (secondary N) is 1. The van der Waals surface area contributed by atoms with Gasteiger partial charge in [-0.3, -0.25) is 9.69 Å². The van der Waals surface area contributed by atoms with Gasteiger partial charge in [0, 0.05) is 11.4 Å². The van der Waals surface area contributed by atoms with Crippen LogP contribution in [-0.4, -0.2) is 23.9 Å². The molecule has 2 rings (SSSR count). The standard InChI is InChI=1S/C18H24N2OS/c1-13-10-11-22-17(13)12-20(4)15(3)18(21)19-14(2)16-8-6-5-7-9-16/h5-11,14-15H,12H2,1-4H3,(H,19,21)/t14-,15+/m0/s1. The monoisotopic (exact) mass is 316 g/mol. The number of rotatable bonds is 6. The van der Waals surface area contributed by atoms with E-state index in [2.05, 4.69) is 28.6 Å². The Labute approximate surface area is 137 Å². The molecule has 2 atom stereocenters. The number of benzene rings is 1. The number of nitrogens with zero attached hydrogens (tertiary/aromatic N) is 1. The van der Waals surface area contributed by atoms with Crippen molar-refractivity contribution in [2.75, 3.05) is 7.05 Å². The van der Waals surface area contributed by atoms with Gasteiger partial charge in [-0.2, -0.15) is 0 Å². The van der Waals surface area contributed by atoms with Crippen LogP contribution in [0.1, 0.15) is 35.9 Å². The van der Waals surface area contributed by atoms with Crippen LogP contribution in [0.25, 0.3) is 0 Å². The lowest BCUT2D eigenvalue weighted by molar-refractivity contribution is -0.126. The topological polar surface area (TPSA) is 32.3 Å². The molecule has 0 spiro atoms. The smallest absolute Gasteiger partial charge is 0.237 e. The maximum Gasteiger partial charge on any atom is 0.237 e. The molecule has 1 N–H and O–H groups in total.